The number of fused-ring (bicyclic) bond motifs is 3. The number of aromatic amines is 3. The van der Waals surface area contributed by atoms with E-state index < -0.39 is 229 Å². The fourth-order valence-electron chi connectivity index (χ4n) is 16.2. The number of amides is 15. The number of carbonyl (C=O) groups excluding carboxylic acids is 17. The monoisotopic (exact) mass is 1850 g/mol. The van der Waals surface area contributed by atoms with Gasteiger partial charge < -0.3 is 110 Å². The predicted octanol–water partition coefficient (Wildman–Crippen LogP) is 0.186. The zero-order valence-corrected chi connectivity index (χ0v) is 77.1. The molecule has 2 fully saturated rings. The van der Waals surface area contributed by atoms with Gasteiger partial charge in [0.2, 0.25) is 88.6 Å². The van der Waals surface area contributed by atoms with Crippen molar-refractivity contribution in [1.82, 2.24) is 92.3 Å². The fraction of sp³-hybridized carbons (Fsp3) is 0.527. The van der Waals surface area contributed by atoms with Crippen molar-refractivity contribution in [2.24, 2.45) is 29.0 Å². The summed E-state index contributed by atoms with van der Waals surface area (Å²) in [5.74, 6) is -17.3. The summed E-state index contributed by atoms with van der Waals surface area (Å²) in [5.41, 5.74) is 20.2. The third-order valence-corrected chi connectivity index (χ3v) is 24.7. The highest BCUT2D eigenvalue weighted by atomic mass is 32.2. The second kappa shape index (κ2) is 50.9. The number of para-hydroxylation sites is 2. The number of primary amides is 2. The van der Waals surface area contributed by atoms with E-state index in [0.29, 0.717) is 69.9 Å². The standard InChI is InChI=1S/C91H128N22O18S/c1-10-12-30-72-85(126)103-63(29-21-35-97-91(94)95)82(123)108-70(74(115)33-34-76(92)117)49-132-50-79(120)102-66(38-54-23-15-14-16-24-54)87(128)110(7)53(5)80(121)104-68(43-77(93)118)89(130)113-36-22-32-71(113)75(116)42-55(39-58-46-96-51-100-58)81(122)105-65(37-52(3)4)86(127)109(6)47-78(119)101-64(40-56-44-98-61-27-19-17-25-59(56)61)83(124)107-69(48-114)84(125)106-67(41-57-45-99-62-28-20-18-26-60(57)62)88(129)112(9)73(31-13-11-2)90(131)111(72)8/h14-20,23-28,44-46,51-53,55,63-73,98-99,114H,10-13,21-22,29-43,47-50H2,1-9H3,(H2,92,117)(H2,93,118)(H,96,100)(H,101,119)(H,102,120)(H,103,126)(H,104,121)(H,105,122)(H,106,125)(H,107,124)(H,108,123)(H4,94,95,97)/t53-,55+,63-,64-,65-,66-,67-,68-,69-,70-,71-,72-,73-/m0/s1. The molecule has 6 aromatic rings. The molecule has 40 nitrogen and oxygen atoms in total. The fourth-order valence-corrected chi connectivity index (χ4v) is 17.1. The Balaban J connectivity index is 1.18. The van der Waals surface area contributed by atoms with Crippen molar-refractivity contribution >= 4 is 140 Å². The number of nitrogens with zero attached hydrogens (tertiary/aromatic N) is 6. The van der Waals surface area contributed by atoms with Gasteiger partial charge in [-0.2, -0.15) is 0 Å². The predicted molar refractivity (Wildman–Crippen MR) is 492 cm³/mol. The van der Waals surface area contributed by atoms with E-state index in [1.807, 2.05) is 13.8 Å². The number of hydrogen-bond donors (Lipinski definition) is 17. The first-order chi connectivity index (χ1) is 62.9. The molecule has 8 rings (SSSR count). The number of aliphatic hydroxyl groups excluding tert-OH is 1. The van der Waals surface area contributed by atoms with E-state index in [-0.39, 0.29) is 95.4 Å². The minimum atomic E-state index is -1.84. The molecule has 3 aromatic heterocycles. The van der Waals surface area contributed by atoms with Crippen molar-refractivity contribution in [1.29, 1.82) is 5.41 Å². The molecule has 2 aliphatic heterocycles. The number of nitrogens with two attached hydrogens (primary N) is 3. The smallest absolute Gasteiger partial charge is 0.246 e. The molecule has 0 aliphatic carbocycles. The van der Waals surface area contributed by atoms with Gasteiger partial charge in [-0.05, 0) is 86.6 Å². The van der Waals surface area contributed by atoms with Gasteiger partial charge in [-0.15, -0.1) is 11.8 Å². The number of imidazole rings is 1. The lowest BCUT2D eigenvalue weighted by Crippen LogP contribution is -2.61. The zero-order valence-electron chi connectivity index (χ0n) is 76.3. The number of aromatic nitrogens is 4. The van der Waals surface area contributed by atoms with Crippen LogP contribution < -0.4 is 65.1 Å². The Kier molecular flexibility index (Phi) is 40.2. The number of rotatable bonds is 27. The van der Waals surface area contributed by atoms with Gasteiger partial charge in [-0.1, -0.05) is 120 Å². The van der Waals surface area contributed by atoms with Crippen molar-refractivity contribution in [3.05, 3.63) is 126 Å². The van der Waals surface area contributed by atoms with E-state index in [1.165, 1.54) is 57.4 Å². The van der Waals surface area contributed by atoms with E-state index in [2.05, 4.69) is 67.8 Å². The molecule has 716 valence electrons. The third-order valence-electron chi connectivity index (χ3n) is 23.7. The number of Topliss-reactive ketones (excluding diaryl/α,β-unsaturated/α-hetero) is 2. The van der Waals surface area contributed by atoms with Gasteiger partial charge in [0.15, 0.2) is 17.5 Å². The van der Waals surface area contributed by atoms with E-state index >= 15 is 24.0 Å². The molecule has 0 spiro atoms. The summed E-state index contributed by atoms with van der Waals surface area (Å²) in [6.07, 6.45) is 5.05. The van der Waals surface area contributed by atoms with Crippen LogP contribution in [0.2, 0.25) is 0 Å². The summed E-state index contributed by atoms with van der Waals surface area (Å²) in [5, 5.41) is 44.6. The van der Waals surface area contributed by atoms with Gasteiger partial charge >= 0.3 is 0 Å². The Hall–Kier alpha value is -13.1. The lowest BCUT2D eigenvalue weighted by molar-refractivity contribution is -0.149. The molecule has 20 N–H and O–H groups in total. The van der Waals surface area contributed by atoms with Gasteiger partial charge in [0, 0.05) is 132 Å². The molecule has 2 aliphatic rings. The van der Waals surface area contributed by atoms with Crippen molar-refractivity contribution in [2.45, 2.75) is 229 Å². The summed E-state index contributed by atoms with van der Waals surface area (Å²) < 4.78 is 0. The van der Waals surface area contributed by atoms with Crippen LogP contribution in [0.15, 0.2) is 104 Å². The Morgan fingerprint density at radius 2 is 1.12 bits per heavy atom. The lowest BCUT2D eigenvalue weighted by Gasteiger charge is -2.36. The molecular weight excluding hydrogens is 1720 g/mol. The van der Waals surface area contributed by atoms with Crippen LogP contribution in [0.1, 0.15) is 153 Å². The molecule has 0 unspecified atom stereocenters. The van der Waals surface area contributed by atoms with Crippen LogP contribution in [0, 0.1) is 17.2 Å². The van der Waals surface area contributed by atoms with Gasteiger partial charge in [0.25, 0.3) is 0 Å². The average Bonchev–Trinajstić information content (AvgIpc) is 1.48. The van der Waals surface area contributed by atoms with Gasteiger partial charge in [0.05, 0.1) is 55.3 Å². The second-order valence-electron chi connectivity index (χ2n) is 34.2. The van der Waals surface area contributed by atoms with Crippen LogP contribution >= 0.6 is 11.8 Å². The van der Waals surface area contributed by atoms with Gasteiger partial charge in [-0.25, -0.2) is 4.98 Å². The number of unbranched alkanes of at least 4 members (excludes halogenated alkanes) is 2. The maximum atomic E-state index is 15.7. The number of hydrogen-bond acceptors (Lipinski definition) is 21. The topological polar surface area (TPSA) is 597 Å². The van der Waals surface area contributed by atoms with E-state index in [9.17, 15) is 62.6 Å². The minimum absolute atomic E-state index is 0.00262. The zero-order chi connectivity index (χ0) is 96.6. The first-order valence-corrected chi connectivity index (χ1v) is 45.8. The highest BCUT2D eigenvalue weighted by Crippen LogP contribution is 2.28. The average molecular weight is 1850 g/mol. The van der Waals surface area contributed by atoms with Crippen LogP contribution in [0.3, 0.4) is 0 Å². The van der Waals surface area contributed by atoms with Crippen molar-refractivity contribution in [2.75, 3.05) is 65.9 Å². The third kappa shape index (κ3) is 30.2. The summed E-state index contributed by atoms with van der Waals surface area (Å²) in [7, 11) is 5.30. The molecule has 13 atom stereocenters. The number of guanidine groups is 1. The number of aliphatic hydroxyl groups is 1. The Labute approximate surface area is 770 Å². The maximum absolute atomic E-state index is 15.7. The highest BCUT2D eigenvalue weighted by molar-refractivity contribution is 8.00. The Morgan fingerprint density at radius 1 is 0.561 bits per heavy atom. The summed E-state index contributed by atoms with van der Waals surface area (Å²) in [4.78, 5) is 268. The summed E-state index contributed by atoms with van der Waals surface area (Å²) in [6, 6.07) is 4.91. The first kappa shape index (κ1) is 104. The lowest BCUT2D eigenvalue weighted by atomic mass is 9.91. The van der Waals surface area contributed by atoms with E-state index in [1.54, 1.807) is 105 Å². The molecule has 15 amide bonds. The molecule has 0 radical (unpaired) electrons. The summed E-state index contributed by atoms with van der Waals surface area (Å²) >= 11 is 0.839. The number of nitrogens with one attached hydrogen (secondary N) is 13. The first-order valence-electron chi connectivity index (χ1n) is 44.7. The second-order valence-corrected chi connectivity index (χ2v) is 35.2. The van der Waals surface area contributed by atoms with Crippen LogP contribution in [-0.2, 0) is 107 Å². The van der Waals surface area contributed by atoms with Crippen LogP contribution in [0.5, 0.6) is 0 Å². The molecule has 132 heavy (non-hydrogen) atoms. The van der Waals surface area contributed by atoms with Crippen LogP contribution in [0.25, 0.3) is 21.8 Å². The molecule has 41 heteroatoms. The van der Waals surface area contributed by atoms with Crippen molar-refractivity contribution < 1.29 is 86.6 Å². The number of H-pyrrole nitrogens is 3. The largest absolute Gasteiger partial charge is 0.394 e. The number of benzene rings is 3. The van der Waals surface area contributed by atoms with Crippen LogP contribution in [0.4, 0.5) is 0 Å². The number of ketones is 2. The highest BCUT2D eigenvalue weighted by Gasteiger charge is 2.44. The molecule has 0 bridgehead atoms. The van der Waals surface area contributed by atoms with E-state index in [0.717, 1.165) is 26.5 Å². The molecule has 5 heterocycles. The maximum Gasteiger partial charge on any atom is 0.246 e. The minimum Gasteiger partial charge on any atom is -0.394 e. The summed E-state index contributed by atoms with van der Waals surface area (Å²) in [6.45, 7) is 6.77. The van der Waals surface area contributed by atoms with Crippen molar-refractivity contribution in [3.8, 4) is 0 Å². The van der Waals surface area contributed by atoms with Gasteiger partial charge in [0.1, 0.15) is 60.4 Å². The molecule has 3 aromatic carbocycles. The Bertz CT molecular complexity index is 5050. The molecular formula is C91H128N22O18S. The SMILES string of the molecule is CCCC[C@H]1C(=O)N(C)[C@@H](CCCC)C(=O)N[C@@H](CCCNC(=N)N)C(=O)N[C@H](C(=O)CCC(N)=O)CSCC(=O)N[C@@H](Cc2ccccc2)C(=O)N(C)[C@@H](C)C(=O)N[C@@H](CC(N)=O)C(=O)N2CCC[C@H]2C(=O)C[C@@H](Cc2c[nH]cn2)C(=O)N[C@@H](CC(C)C)C(=O)N(C)CC(=O)N[C@@H](Cc2c[nH]c3ccccc23)C(=O)N[C@@H](CO)C(=O)N[C@@H](Cc2c[nH]c3ccccc23)C(=O)N1C. The quantitative estimate of drug-likeness (QED) is 0.0186. The van der Waals surface area contributed by atoms with E-state index in [4.69, 9.17) is 22.6 Å². The van der Waals surface area contributed by atoms with Crippen molar-refractivity contribution in [3.63, 3.8) is 0 Å². The molecule has 0 saturated carbocycles. The van der Waals surface area contributed by atoms with Gasteiger partial charge in [-0.3, -0.25) is 86.9 Å². The van der Waals surface area contributed by atoms with Crippen LogP contribution in [-0.4, -0.2) is 294 Å². The number of carbonyl (C=O) groups is 17. The molecule has 2 saturated heterocycles. The number of likely N-dealkylation sites (N-methyl/N-ethyl adjacent to an activating group) is 4. The Morgan fingerprint density at radius 3 is 1.73 bits per heavy atom. The number of thioether (sulfide) groups is 1. The normalized spacial score (nSPS) is 23.6.